The fourth-order valence-corrected chi connectivity index (χ4v) is 3.74. The summed E-state index contributed by atoms with van der Waals surface area (Å²) in [6.45, 7) is 4.40. The summed E-state index contributed by atoms with van der Waals surface area (Å²) < 4.78 is 12.9. The number of fused-ring (bicyclic) bond motifs is 3. The standard InChI is InChI=1S/C22H21NO4/c1-3-26-21(24)14(2)20-19-18(22(25)27-20)16-11-7-8-12-17(16)23(19)13-15-9-5-4-6-10-15/h4-12,14,20H,3,13H2,1-2H3. The zero-order chi connectivity index (χ0) is 19.0. The van der Waals surface area contributed by atoms with Crippen molar-refractivity contribution in [3.05, 3.63) is 71.4 Å². The molecule has 138 valence electrons. The lowest BCUT2D eigenvalue weighted by Gasteiger charge is -2.20. The Labute approximate surface area is 157 Å². The quantitative estimate of drug-likeness (QED) is 0.641. The van der Waals surface area contributed by atoms with E-state index in [1.807, 2.05) is 54.6 Å². The van der Waals surface area contributed by atoms with Gasteiger partial charge in [-0.25, -0.2) is 4.79 Å². The van der Waals surface area contributed by atoms with Gasteiger partial charge in [0.2, 0.25) is 0 Å². The summed E-state index contributed by atoms with van der Waals surface area (Å²) >= 11 is 0. The highest BCUT2D eigenvalue weighted by atomic mass is 16.6. The van der Waals surface area contributed by atoms with Crippen molar-refractivity contribution < 1.29 is 19.1 Å². The summed E-state index contributed by atoms with van der Waals surface area (Å²) in [5, 5.41) is 0.854. The highest BCUT2D eigenvalue weighted by Gasteiger charge is 2.43. The second kappa shape index (κ2) is 6.91. The molecule has 0 bridgehead atoms. The first-order chi connectivity index (χ1) is 13.1. The maximum atomic E-state index is 12.7. The van der Waals surface area contributed by atoms with Crippen molar-refractivity contribution in [3.63, 3.8) is 0 Å². The fraction of sp³-hybridized carbons (Fsp3) is 0.273. The van der Waals surface area contributed by atoms with Crippen molar-refractivity contribution in [1.29, 1.82) is 0 Å². The van der Waals surface area contributed by atoms with Crippen LogP contribution >= 0.6 is 0 Å². The van der Waals surface area contributed by atoms with Gasteiger partial charge in [0.05, 0.1) is 23.8 Å². The van der Waals surface area contributed by atoms with Gasteiger partial charge in [0.1, 0.15) is 0 Å². The molecule has 2 heterocycles. The SMILES string of the molecule is CCOC(=O)C(C)C1OC(=O)c2c1n(Cc1ccccc1)c1ccccc21. The van der Waals surface area contributed by atoms with E-state index in [2.05, 4.69) is 4.57 Å². The average molecular weight is 363 g/mol. The van der Waals surface area contributed by atoms with Gasteiger partial charge in [0.25, 0.3) is 0 Å². The van der Waals surface area contributed by atoms with Crippen LogP contribution < -0.4 is 0 Å². The van der Waals surface area contributed by atoms with Crippen LogP contribution in [0.15, 0.2) is 54.6 Å². The van der Waals surface area contributed by atoms with Crippen LogP contribution in [0, 0.1) is 5.92 Å². The maximum absolute atomic E-state index is 12.7. The molecule has 2 aromatic carbocycles. The zero-order valence-corrected chi connectivity index (χ0v) is 15.3. The molecule has 2 unspecified atom stereocenters. The Morgan fingerprint density at radius 3 is 2.59 bits per heavy atom. The molecule has 1 aromatic heterocycles. The fourth-order valence-electron chi connectivity index (χ4n) is 3.74. The Morgan fingerprint density at radius 1 is 1.15 bits per heavy atom. The highest BCUT2D eigenvalue weighted by molar-refractivity contribution is 6.08. The number of hydrogen-bond acceptors (Lipinski definition) is 4. The zero-order valence-electron chi connectivity index (χ0n) is 15.3. The first-order valence-electron chi connectivity index (χ1n) is 9.14. The Balaban J connectivity index is 1.87. The molecular formula is C22H21NO4. The van der Waals surface area contributed by atoms with Crippen LogP contribution in [0.5, 0.6) is 0 Å². The molecule has 27 heavy (non-hydrogen) atoms. The molecule has 5 heteroatoms. The van der Waals surface area contributed by atoms with Crippen molar-refractivity contribution in [3.8, 4) is 0 Å². The third-order valence-electron chi connectivity index (χ3n) is 5.01. The molecule has 5 nitrogen and oxygen atoms in total. The van der Waals surface area contributed by atoms with Gasteiger partial charge in [-0.1, -0.05) is 48.5 Å². The topological polar surface area (TPSA) is 57.5 Å². The molecule has 3 aromatic rings. The maximum Gasteiger partial charge on any atom is 0.341 e. The molecule has 2 atom stereocenters. The number of esters is 2. The summed E-state index contributed by atoms with van der Waals surface area (Å²) in [5.41, 5.74) is 3.39. The molecule has 1 aliphatic heterocycles. The lowest BCUT2D eigenvalue weighted by Crippen LogP contribution is -2.24. The lowest BCUT2D eigenvalue weighted by molar-refractivity contribution is -0.151. The van der Waals surface area contributed by atoms with Crippen LogP contribution in [-0.4, -0.2) is 23.1 Å². The van der Waals surface area contributed by atoms with E-state index in [1.54, 1.807) is 13.8 Å². The van der Waals surface area contributed by atoms with Crippen LogP contribution in [0.3, 0.4) is 0 Å². The minimum absolute atomic E-state index is 0.295. The van der Waals surface area contributed by atoms with Crippen molar-refractivity contribution >= 4 is 22.8 Å². The number of benzene rings is 2. The third-order valence-corrected chi connectivity index (χ3v) is 5.01. The largest absolute Gasteiger partial charge is 0.466 e. The Kier molecular flexibility index (Phi) is 4.44. The molecule has 1 aliphatic rings. The number of rotatable bonds is 5. The number of para-hydroxylation sites is 1. The lowest BCUT2D eigenvalue weighted by atomic mass is 10.0. The predicted molar refractivity (Wildman–Crippen MR) is 101 cm³/mol. The van der Waals surface area contributed by atoms with Crippen LogP contribution in [0.2, 0.25) is 0 Å². The Morgan fingerprint density at radius 2 is 1.85 bits per heavy atom. The predicted octanol–water partition coefficient (Wildman–Crippen LogP) is 4.10. The number of nitrogens with zero attached hydrogens (tertiary/aromatic N) is 1. The van der Waals surface area contributed by atoms with Gasteiger partial charge in [-0.3, -0.25) is 4.79 Å². The molecule has 0 saturated carbocycles. The molecule has 4 rings (SSSR count). The number of aromatic nitrogens is 1. The monoisotopic (exact) mass is 363 g/mol. The van der Waals surface area contributed by atoms with Gasteiger partial charge >= 0.3 is 11.9 Å². The summed E-state index contributed by atoms with van der Waals surface area (Å²) in [4.78, 5) is 25.0. The van der Waals surface area contributed by atoms with Gasteiger partial charge in [-0.15, -0.1) is 0 Å². The first-order valence-corrected chi connectivity index (χ1v) is 9.14. The summed E-state index contributed by atoms with van der Waals surface area (Å²) in [6, 6.07) is 17.8. The first kappa shape index (κ1) is 17.3. The number of carbonyl (C=O) groups is 2. The molecule has 0 amide bonds. The normalized spacial score (nSPS) is 16.8. The van der Waals surface area contributed by atoms with E-state index in [9.17, 15) is 9.59 Å². The highest BCUT2D eigenvalue weighted by Crippen LogP contribution is 2.42. The van der Waals surface area contributed by atoms with E-state index in [4.69, 9.17) is 9.47 Å². The number of cyclic esters (lactones) is 1. The number of carbonyl (C=O) groups excluding carboxylic acids is 2. The van der Waals surface area contributed by atoms with E-state index in [1.165, 1.54) is 0 Å². The van der Waals surface area contributed by atoms with Crippen LogP contribution in [0.4, 0.5) is 0 Å². The van der Waals surface area contributed by atoms with Crippen molar-refractivity contribution in [1.82, 2.24) is 4.57 Å². The second-order valence-corrected chi connectivity index (χ2v) is 6.72. The van der Waals surface area contributed by atoms with E-state index in [-0.39, 0.29) is 11.9 Å². The molecule has 0 aliphatic carbocycles. The molecule has 0 saturated heterocycles. The van der Waals surface area contributed by atoms with Gasteiger partial charge in [0.15, 0.2) is 6.10 Å². The Hall–Kier alpha value is -3.08. The van der Waals surface area contributed by atoms with Gasteiger partial charge < -0.3 is 14.0 Å². The second-order valence-electron chi connectivity index (χ2n) is 6.72. The molecule has 0 fully saturated rings. The average Bonchev–Trinajstić information content (AvgIpc) is 3.19. The van der Waals surface area contributed by atoms with E-state index >= 15 is 0 Å². The molecule has 0 radical (unpaired) electrons. The van der Waals surface area contributed by atoms with Crippen molar-refractivity contribution in [2.24, 2.45) is 5.92 Å². The third kappa shape index (κ3) is 2.89. The Bertz CT molecular complexity index is 1010. The van der Waals surface area contributed by atoms with Crippen molar-refractivity contribution in [2.75, 3.05) is 6.61 Å². The van der Waals surface area contributed by atoms with Crippen LogP contribution in [0.1, 0.15) is 41.6 Å². The molecule has 0 N–H and O–H groups in total. The summed E-state index contributed by atoms with van der Waals surface area (Å²) in [5.74, 6) is -1.32. The van der Waals surface area contributed by atoms with Gasteiger partial charge in [-0.05, 0) is 25.5 Å². The van der Waals surface area contributed by atoms with Crippen LogP contribution in [0.25, 0.3) is 10.9 Å². The van der Waals surface area contributed by atoms with Gasteiger partial charge in [-0.2, -0.15) is 0 Å². The van der Waals surface area contributed by atoms with E-state index < -0.39 is 12.0 Å². The van der Waals surface area contributed by atoms with Gasteiger partial charge in [0, 0.05) is 17.4 Å². The molecular weight excluding hydrogens is 342 g/mol. The smallest absolute Gasteiger partial charge is 0.341 e. The minimum atomic E-state index is -0.650. The number of hydrogen-bond donors (Lipinski definition) is 0. The minimum Gasteiger partial charge on any atom is -0.466 e. The van der Waals surface area contributed by atoms with E-state index in [0.717, 1.165) is 22.2 Å². The van der Waals surface area contributed by atoms with Crippen LogP contribution in [-0.2, 0) is 20.8 Å². The molecule has 0 spiro atoms. The summed E-state index contributed by atoms with van der Waals surface area (Å²) in [7, 11) is 0. The number of ether oxygens (including phenoxy) is 2. The van der Waals surface area contributed by atoms with Crippen molar-refractivity contribution in [2.45, 2.75) is 26.5 Å². The van der Waals surface area contributed by atoms with E-state index in [0.29, 0.717) is 18.7 Å². The summed E-state index contributed by atoms with van der Waals surface area (Å²) in [6.07, 6.45) is -0.650.